The Bertz CT molecular complexity index is 284. The first-order chi connectivity index (χ1) is 6.57. The van der Waals surface area contributed by atoms with Gasteiger partial charge in [0.1, 0.15) is 0 Å². The third-order valence-corrected chi connectivity index (χ3v) is 2.85. The minimum absolute atomic E-state index is 0.0783. The first kappa shape index (κ1) is 10.9. The predicted octanol–water partition coefficient (Wildman–Crippen LogP) is 2.43. The summed E-state index contributed by atoms with van der Waals surface area (Å²) in [7, 11) is 0. The molecule has 0 aromatic heterocycles. The number of hydrogen-bond donors (Lipinski definition) is 0. The SMILES string of the molecule is CC1(C)CC(CC#N)CC(N=C=O)C1. The highest BCUT2D eigenvalue weighted by Crippen LogP contribution is 2.40. The molecule has 1 fully saturated rings. The van der Waals surface area contributed by atoms with E-state index in [-0.39, 0.29) is 11.5 Å². The zero-order chi connectivity index (χ0) is 10.6. The summed E-state index contributed by atoms with van der Waals surface area (Å²) < 4.78 is 0. The molecule has 2 atom stereocenters. The van der Waals surface area contributed by atoms with Gasteiger partial charge in [0, 0.05) is 6.42 Å². The summed E-state index contributed by atoms with van der Waals surface area (Å²) in [6.45, 7) is 4.34. The molecule has 0 aromatic carbocycles. The normalized spacial score (nSPS) is 30.1. The number of nitrogens with zero attached hydrogens (tertiary/aromatic N) is 2. The molecule has 0 bridgehead atoms. The van der Waals surface area contributed by atoms with Gasteiger partial charge in [0.25, 0.3) is 0 Å². The summed E-state index contributed by atoms with van der Waals surface area (Å²) in [5.74, 6) is 0.394. The molecule has 0 amide bonds. The first-order valence-electron chi connectivity index (χ1n) is 5.01. The Balaban J connectivity index is 2.67. The lowest BCUT2D eigenvalue weighted by atomic mass is 9.69. The van der Waals surface area contributed by atoms with Crippen LogP contribution in [0.25, 0.3) is 0 Å². The minimum Gasteiger partial charge on any atom is -0.211 e. The molecule has 0 aromatic rings. The Morgan fingerprint density at radius 1 is 1.50 bits per heavy atom. The number of aliphatic imine (C=N–C) groups is 1. The van der Waals surface area contributed by atoms with Crippen molar-refractivity contribution in [3.05, 3.63) is 0 Å². The lowest BCUT2D eigenvalue weighted by Gasteiger charge is -2.37. The average molecular weight is 192 g/mol. The van der Waals surface area contributed by atoms with Crippen molar-refractivity contribution in [2.75, 3.05) is 0 Å². The molecule has 2 unspecified atom stereocenters. The molecule has 3 nitrogen and oxygen atoms in total. The van der Waals surface area contributed by atoms with Gasteiger partial charge in [-0.3, -0.25) is 0 Å². The Kier molecular flexibility index (Phi) is 3.43. The van der Waals surface area contributed by atoms with Crippen LogP contribution in [0.4, 0.5) is 0 Å². The zero-order valence-corrected chi connectivity index (χ0v) is 8.79. The molecule has 0 N–H and O–H groups in total. The number of carbonyl (C=O) groups excluding carboxylic acids is 1. The smallest absolute Gasteiger partial charge is 0.211 e. The standard InChI is InChI=1S/C11H16N2O/c1-11(2)6-9(3-4-12)5-10(7-11)13-8-14/h9-10H,3,5-7H2,1-2H3. The van der Waals surface area contributed by atoms with E-state index in [4.69, 9.17) is 5.26 Å². The topological polar surface area (TPSA) is 53.2 Å². The van der Waals surface area contributed by atoms with Crippen molar-refractivity contribution in [2.45, 2.75) is 45.6 Å². The van der Waals surface area contributed by atoms with Crippen LogP contribution in [0.15, 0.2) is 4.99 Å². The quantitative estimate of drug-likeness (QED) is 0.498. The van der Waals surface area contributed by atoms with Crippen molar-refractivity contribution in [2.24, 2.45) is 16.3 Å². The number of hydrogen-bond acceptors (Lipinski definition) is 3. The van der Waals surface area contributed by atoms with E-state index in [0.29, 0.717) is 12.3 Å². The second-order valence-electron chi connectivity index (χ2n) is 4.91. The maximum Gasteiger partial charge on any atom is 0.235 e. The maximum absolute atomic E-state index is 10.2. The van der Waals surface area contributed by atoms with Crippen molar-refractivity contribution >= 4 is 6.08 Å². The highest BCUT2D eigenvalue weighted by Gasteiger charge is 2.33. The second kappa shape index (κ2) is 4.39. The van der Waals surface area contributed by atoms with E-state index in [9.17, 15) is 4.79 Å². The van der Waals surface area contributed by atoms with E-state index < -0.39 is 0 Å². The van der Waals surface area contributed by atoms with Gasteiger partial charge in [-0.25, -0.2) is 9.79 Å². The van der Waals surface area contributed by atoms with Crippen LogP contribution in [0, 0.1) is 22.7 Å². The Morgan fingerprint density at radius 2 is 2.21 bits per heavy atom. The highest BCUT2D eigenvalue weighted by molar-refractivity contribution is 5.33. The summed E-state index contributed by atoms with van der Waals surface area (Å²) in [4.78, 5) is 14.0. The van der Waals surface area contributed by atoms with Gasteiger partial charge in [-0.15, -0.1) is 0 Å². The fourth-order valence-electron chi connectivity index (χ4n) is 2.51. The molecule has 76 valence electrons. The summed E-state index contributed by atoms with van der Waals surface area (Å²) >= 11 is 0. The number of rotatable bonds is 2. The van der Waals surface area contributed by atoms with Gasteiger partial charge in [-0.2, -0.15) is 5.26 Å². The molecular weight excluding hydrogens is 176 g/mol. The molecule has 0 radical (unpaired) electrons. The van der Waals surface area contributed by atoms with Gasteiger partial charge in [0.2, 0.25) is 6.08 Å². The molecule has 14 heavy (non-hydrogen) atoms. The molecule has 1 aliphatic rings. The Morgan fingerprint density at radius 3 is 2.79 bits per heavy atom. The monoisotopic (exact) mass is 192 g/mol. The van der Waals surface area contributed by atoms with Crippen LogP contribution in [0.1, 0.15) is 39.5 Å². The van der Waals surface area contributed by atoms with Gasteiger partial charge in [-0.1, -0.05) is 13.8 Å². The van der Waals surface area contributed by atoms with Crippen LogP contribution in [0.5, 0.6) is 0 Å². The van der Waals surface area contributed by atoms with E-state index in [1.165, 1.54) is 0 Å². The predicted molar refractivity (Wildman–Crippen MR) is 53.3 cm³/mol. The molecule has 3 heteroatoms. The first-order valence-corrected chi connectivity index (χ1v) is 5.01. The fourth-order valence-corrected chi connectivity index (χ4v) is 2.51. The average Bonchev–Trinajstić information content (AvgIpc) is 2.01. The van der Waals surface area contributed by atoms with Gasteiger partial charge in [0.15, 0.2) is 0 Å². The van der Waals surface area contributed by atoms with Crippen molar-refractivity contribution < 1.29 is 4.79 Å². The lowest BCUT2D eigenvalue weighted by Crippen LogP contribution is -2.30. The van der Waals surface area contributed by atoms with E-state index >= 15 is 0 Å². The number of isocyanates is 1. The highest BCUT2D eigenvalue weighted by atomic mass is 16.1. The van der Waals surface area contributed by atoms with Crippen LogP contribution in [0.2, 0.25) is 0 Å². The Hall–Kier alpha value is -1.13. The van der Waals surface area contributed by atoms with Gasteiger partial charge >= 0.3 is 0 Å². The van der Waals surface area contributed by atoms with E-state index in [1.54, 1.807) is 6.08 Å². The van der Waals surface area contributed by atoms with Crippen LogP contribution < -0.4 is 0 Å². The molecule has 0 heterocycles. The molecular formula is C11H16N2O. The van der Waals surface area contributed by atoms with Gasteiger partial charge in [-0.05, 0) is 30.6 Å². The summed E-state index contributed by atoms with van der Waals surface area (Å²) in [5, 5.41) is 8.65. The zero-order valence-electron chi connectivity index (χ0n) is 8.79. The van der Waals surface area contributed by atoms with E-state index in [1.807, 2.05) is 0 Å². The van der Waals surface area contributed by atoms with Crippen LogP contribution in [0.3, 0.4) is 0 Å². The summed E-state index contributed by atoms with van der Waals surface area (Å²) in [5.41, 5.74) is 0.199. The largest absolute Gasteiger partial charge is 0.235 e. The third-order valence-electron chi connectivity index (χ3n) is 2.85. The fraction of sp³-hybridized carbons (Fsp3) is 0.818. The van der Waals surface area contributed by atoms with Crippen molar-refractivity contribution in [1.82, 2.24) is 0 Å². The molecule has 1 rings (SSSR count). The van der Waals surface area contributed by atoms with Crippen molar-refractivity contribution in [3.63, 3.8) is 0 Å². The van der Waals surface area contributed by atoms with Crippen LogP contribution >= 0.6 is 0 Å². The molecule has 1 aliphatic carbocycles. The van der Waals surface area contributed by atoms with Gasteiger partial charge in [0.05, 0.1) is 12.1 Å². The lowest BCUT2D eigenvalue weighted by molar-refractivity contribution is 0.163. The summed E-state index contributed by atoms with van der Waals surface area (Å²) in [6.07, 6.45) is 5.07. The van der Waals surface area contributed by atoms with Crippen molar-refractivity contribution in [3.8, 4) is 6.07 Å². The van der Waals surface area contributed by atoms with E-state index in [2.05, 4.69) is 24.9 Å². The molecule has 0 spiro atoms. The number of nitriles is 1. The molecule has 1 saturated carbocycles. The van der Waals surface area contributed by atoms with Crippen LogP contribution in [-0.4, -0.2) is 12.1 Å². The van der Waals surface area contributed by atoms with Crippen LogP contribution in [-0.2, 0) is 4.79 Å². The van der Waals surface area contributed by atoms with E-state index in [0.717, 1.165) is 19.3 Å². The second-order valence-corrected chi connectivity index (χ2v) is 4.91. The van der Waals surface area contributed by atoms with Crippen molar-refractivity contribution in [1.29, 1.82) is 5.26 Å². The Labute approximate surface area is 84.8 Å². The molecule has 0 aliphatic heterocycles. The summed E-state index contributed by atoms with van der Waals surface area (Å²) in [6, 6.07) is 2.28. The molecule has 0 saturated heterocycles. The van der Waals surface area contributed by atoms with Gasteiger partial charge < -0.3 is 0 Å². The maximum atomic E-state index is 10.2. The third kappa shape index (κ3) is 2.97. The minimum atomic E-state index is 0.0783.